The van der Waals surface area contributed by atoms with Crippen molar-refractivity contribution in [3.8, 4) is 0 Å². The Labute approximate surface area is 479 Å². The van der Waals surface area contributed by atoms with E-state index in [9.17, 15) is 14.4 Å². The van der Waals surface area contributed by atoms with Crippen LogP contribution in [0.15, 0.2) is 170 Å². The second kappa shape index (κ2) is 64.3. The maximum Gasteiger partial charge on any atom is 0.306 e. The Kier molecular flexibility index (Phi) is 60.0. The molecule has 0 radical (unpaired) electrons. The Morgan fingerprint density at radius 3 is 0.821 bits per heavy atom. The minimum atomic E-state index is -0.813. The number of unbranched alkanes of at least 4 members (excludes halogenated alkanes) is 15. The Bertz CT molecular complexity index is 1810. The van der Waals surface area contributed by atoms with Crippen LogP contribution in [-0.2, 0) is 28.6 Å². The number of hydrogen-bond acceptors (Lipinski definition) is 6. The molecule has 0 spiro atoms. The van der Waals surface area contributed by atoms with Crippen molar-refractivity contribution in [1.29, 1.82) is 0 Å². The van der Waals surface area contributed by atoms with Gasteiger partial charge in [-0.1, -0.05) is 249 Å². The van der Waals surface area contributed by atoms with E-state index in [1.54, 1.807) is 0 Å². The molecule has 0 aliphatic carbocycles. The predicted molar refractivity (Wildman–Crippen MR) is 338 cm³/mol. The molecule has 0 aromatic rings. The molecule has 0 saturated heterocycles. The summed E-state index contributed by atoms with van der Waals surface area (Å²) in [5.41, 5.74) is 0. The molecule has 0 bridgehead atoms. The fourth-order valence-corrected chi connectivity index (χ4v) is 7.84. The highest BCUT2D eigenvalue weighted by atomic mass is 16.6. The summed E-state index contributed by atoms with van der Waals surface area (Å²) in [7, 11) is 0. The Hall–Kier alpha value is -5.23. The average molecular weight is 1070 g/mol. The predicted octanol–water partition coefficient (Wildman–Crippen LogP) is 21.5. The number of esters is 3. The first kappa shape index (κ1) is 72.8. The number of carbonyl (C=O) groups is 3. The molecular formula is C72H112O6. The van der Waals surface area contributed by atoms with Crippen molar-refractivity contribution < 1.29 is 28.6 Å². The van der Waals surface area contributed by atoms with Crippen molar-refractivity contribution in [2.75, 3.05) is 13.2 Å². The molecule has 0 saturated carbocycles. The molecule has 1 unspecified atom stereocenters. The van der Waals surface area contributed by atoms with Crippen LogP contribution in [0.2, 0.25) is 0 Å². The topological polar surface area (TPSA) is 78.9 Å². The van der Waals surface area contributed by atoms with Crippen LogP contribution in [0.5, 0.6) is 0 Å². The van der Waals surface area contributed by atoms with Gasteiger partial charge in [0.25, 0.3) is 0 Å². The lowest BCUT2D eigenvalue weighted by atomic mass is 10.1. The lowest BCUT2D eigenvalue weighted by Crippen LogP contribution is -2.30. The van der Waals surface area contributed by atoms with Crippen molar-refractivity contribution in [2.45, 2.75) is 252 Å². The zero-order valence-electron chi connectivity index (χ0n) is 49.9. The zero-order chi connectivity index (χ0) is 56.4. The van der Waals surface area contributed by atoms with Gasteiger partial charge in [-0.15, -0.1) is 0 Å². The van der Waals surface area contributed by atoms with E-state index < -0.39 is 6.10 Å². The zero-order valence-corrected chi connectivity index (χ0v) is 49.9. The SMILES string of the molecule is CC/C=C\C/C=C\C/C=C\C/C=C\C/C=C\C/C=C\C/C=C\C/C=C\C/C=C\C/C=C\CCCCC(=O)OCC(COC(=O)CCCCCCC/C=C\CCC)OC(=O)CCCCCCCCC/C=C\C/C=C\C/C=C\CC. The van der Waals surface area contributed by atoms with Gasteiger partial charge in [0.15, 0.2) is 6.10 Å². The molecule has 1 atom stereocenters. The summed E-state index contributed by atoms with van der Waals surface area (Å²) in [6.45, 7) is 6.28. The lowest BCUT2D eigenvalue weighted by molar-refractivity contribution is -0.167. The highest BCUT2D eigenvalue weighted by Crippen LogP contribution is 2.13. The summed E-state index contributed by atoms with van der Waals surface area (Å²) in [6, 6.07) is 0. The largest absolute Gasteiger partial charge is 0.462 e. The van der Waals surface area contributed by atoms with Gasteiger partial charge in [0.2, 0.25) is 0 Å². The van der Waals surface area contributed by atoms with Crippen LogP contribution in [0.25, 0.3) is 0 Å². The van der Waals surface area contributed by atoms with Gasteiger partial charge in [-0.2, -0.15) is 0 Å². The molecule has 0 N–H and O–H groups in total. The maximum atomic E-state index is 12.9. The van der Waals surface area contributed by atoms with Crippen LogP contribution in [0.4, 0.5) is 0 Å². The van der Waals surface area contributed by atoms with Crippen LogP contribution < -0.4 is 0 Å². The molecule has 6 nitrogen and oxygen atoms in total. The summed E-state index contributed by atoms with van der Waals surface area (Å²) in [5, 5.41) is 0. The van der Waals surface area contributed by atoms with E-state index in [1.807, 2.05) is 0 Å². The minimum Gasteiger partial charge on any atom is -0.462 e. The minimum absolute atomic E-state index is 0.107. The van der Waals surface area contributed by atoms with E-state index in [1.165, 1.54) is 32.1 Å². The second-order valence-electron chi connectivity index (χ2n) is 19.8. The second-order valence-corrected chi connectivity index (χ2v) is 19.8. The van der Waals surface area contributed by atoms with Crippen LogP contribution in [-0.4, -0.2) is 37.2 Å². The fourth-order valence-electron chi connectivity index (χ4n) is 7.84. The molecule has 0 aliphatic rings. The van der Waals surface area contributed by atoms with E-state index in [0.29, 0.717) is 25.7 Å². The van der Waals surface area contributed by atoms with Gasteiger partial charge in [-0.25, -0.2) is 0 Å². The number of hydrogen-bond donors (Lipinski definition) is 0. The average Bonchev–Trinajstić information content (AvgIpc) is 3.44. The van der Waals surface area contributed by atoms with Gasteiger partial charge in [-0.3, -0.25) is 14.4 Å². The summed E-state index contributed by atoms with van der Waals surface area (Å²) >= 11 is 0. The summed E-state index contributed by atoms with van der Waals surface area (Å²) in [4.78, 5) is 38.1. The Morgan fingerprint density at radius 1 is 0.269 bits per heavy atom. The first-order valence-corrected chi connectivity index (χ1v) is 31.1. The number of carbonyl (C=O) groups excluding carboxylic acids is 3. The van der Waals surface area contributed by atoms with Crippen molar-refractivity contribution in [2.24, 2.45) is 0 Å². The van der Waals surface area contributed by atoms with E-state index in [0.717, 1.165) is 167 Å². The van der Waals surface area contributed by atoms with Gasteiger partial charge in [-0.05, 0) is 148 Å². The van der Waals surface area contributed by atoms with E-state index >= 15 is 0 Å². The van der Waals surface area contributed by atoms with Gasteiger partial charge in [0, 0.05) is 19.3 Å². The summed E-state index contributed by atoms with van der Waals surface area (Å²) < 4.78 is 16.8. The maximum absolute atomic E-state index is 12.9. The van der Waals surface area contributed by atoms with E-state index in [-0.39, 0.29) is 31.1 Å². The van der Waals surface area contributed by atoms with Gasteiger partial charge >= 0.3 is 17.9 Å². The summed E-state index contributed by atoms with van der Waals surface area (Å²) in [5.74, 6) is -0.982. The first-order chi connectivity index (χ1) is 38.5. The highest BCUT2D eigenvalue weighted by Gasteiger charge is 2.19. The number of allylic oxidation sites excluding steroid dienone is 28. The fraction of sp³-hybridized carbons (Fsp3) is 0.569. The molecular weight excluding hydrogens is 961 g/mol. The molecule has 436 valence electrons. The Morgan fingerprint density at radius 2 is 0.500 bits per heavy atom. The Balaban J connectivity index is 4.36. The van der Waals surface area contributed by atoms with E-state index in [4.69, 9.17) is 14.2 Å². The monoisotopic (exact) mass is 1070 g/mol. The third kappa shape index (κ3) is 61.6. The van der Waals surface area contributed by atoms with Crippen LogP contribution in [0.1, 0.15) is 245 Å². The third-order valence-electron chi connectivity index (χ3n) is 12.4. The number of ether oxygens (including phenoxy) is 3. The third-order valence-corrected chi connectivity index (χ3v) is 12.4. The standard InChI is InChI=1S/C72H112O6/c1-4-7-10-13-16-19-22-24-26-28-29-30-31-32-33-34-35-36-37-38-39-40-41-42-43-45-46-48-50-53-56-59-62-65-71(74)77-68-69(67-76-70(73)64-61-58-55-52-21-18-15-12-9-6-3)78-72(75)66-63-60-57-54-51-49-47-44-27-25-23-20-17-14-11-8-5-2/h7-8,10-12,15-17,19-20,24-27,29-30,32-33,35-36,38-39,41-42,45-46,50,53,69H,4-6,9,13-14,18,21-23,28,31,34,37,40,43-44,47-49,51-52,54-68H2,1-3H3/b10-7-,11-8-,15-12-,19-16-,20-17-,26-24-,27-25-,30-29-,33-32-,36-35-,39-38-,42-41-,46-45-,53-50-. The molecule has 0 fully saturated rings. The van der Waals surface area contributed by atoms with Crippen molar-refractivity contribution in [3.05, 3.63) is 170 Å². The quantitative estimate of drug-likeness (QED) is 0.0261. The molecule has 0 aromatic heterocycles. The molecule has 0 aliphatic heterocycles. The van der Waals surface area contributed by atoms with Crippen molar-refractivity contribution in [3.63, 3.8) is 0 Å². The van der Waals surface area contributed by atoms with Gasteiger partial charge in [0.05, 0.1) is 0 Å². The summed E-state index contributed by atoms with van der Waals surface area (Å²) in [6.07, 6.45) is 95.1. The van der Waals surface area contributed by atoms with Gasteiger partial charge in [0.1, 0.15) is 13.2 Å². The molecule has 0 aromatic carbocycles. The van der Waals surface area contributed by atoms with Crippen LogP contribution in [0.3, 0.4) is 0 Å². The molecule has 0 amide bonds. The lowest BCUT2D eigenvalue weighted by Gasteiger charge is -2.18. The van der Waals surface area contributed by atoms with Crippen molar-refractivity contribution >= 4 is 17.9 Å². The smallest absolute Gasteiger partial charge is 0.306 e. The van der Waals surface area contributed by atoms with E-state index in [2.05, 4.69) is 191 Å². The molecule has 78 heavy (non-hydrogen) atoms. The molecule has 0 rings (SSSR count). The van der Waals surface area contributed by atoms with Gasteiger partial charge < -0.3 is 14.2 Å². The first-order valence-electron chi connectivity index (χ1n) is 31.1. The molecule has 6 heteroatoms. The highest BCUT2D eigenvalue weighted by molar-refractivity contribution is 5.71. The van der Waals surface area contributed by atoms with Crippen LogP contribution >= 0.6 is 0 Å². The normalized spacial score (nSPS) is 13.3. The molecule has 0 heterocycles. The van der Waals surface area contributed by atoms with Crippen LogP contribution in [0, 0.1) is 0 Å². The number of rotatable bonds is 54. The van der Waals surface area contributed by atoms with Crippen molar-refractivity contribution in [1.82, 2.24) is 0 Å².